The van der Waals surface area contributed by atoms with Crippen LogP contribution in [0.25, 0.3) is 0 Å². The van der Waals surface area contributed by atoms with Crippen LogP contribution in [0.5, 0.6) is 5.75 Å². The number of hydrogen-bond donors (Lipinski definition) is 2. The van der Waals surface area contributed by atoms with Crippen LogP contribution in [0.15, 0.2) is 60.7 Å². The molecule has 0 saturated carbocycles. The maximum absolute atomic E-state index is 13.6. The fraction of sp³-hybridized carbons (Fsp3) is 0.111. The Labute approximate surface area is 145 Å². The minimum absolute atomic E-state index is 0.0693. The molecule has 0 aliphatic carbocycles. The average molecular weight is 344 g/mol. The highest BCUT2D eigenvalue weighted by molar-refractivity contribution is 7.80. The van der Waals surface area contributed by atoms with Gasteiger partial charge in [-0.3, -0.25) is 10.1 Å². The Morgan fingerprint density at radius 3 is 2.71 bits per heavy atom. The molecule has 24 heavy (non-hydrogen) atoms. The van der Waals surface area contributed by atoms with E-state index in [0.717, 1.165) is 5.57 Å². The number of hydrogen-bond acceptors (Lipinski definition) is 3. The first-order valence-corrected chi connectivity index (χ1v) is 7.60. The summed E-state index contributed by atoms with van der Waals surface area (Å²) < 4.78 is 19.1. The van der Waals surface area contributed by atoms with Gasteiger partial charge < -0.3 is 10.1 Å². The fourth-order valence-electron chi connectivity index (χ4n) is 1.85. The quantitative estimate of drug-likeness (QED) is 0.638. The summed E-state index contributed by atoms with van der Waals surface area (Å²) in [5, 5.41) is 5.38. The van der Waals surface area contributed by atoms with Gasteiger partial charge in [-0.2, -0.15) is 0 Å². The summed E-state index contributed by atoms with van der Waals surface area (Å²) in [7, 11) is 0. The number of carbonyl (C=O) groups excluding carboxylic acids is 1. The van der Waals surface area contributed by atoms with Gasteiger partial charge >= 0.3 is 0 Å². The number of nitrogens with one attached hydrogen (secondary N) is 2. The number of thiocarbonyl (C=S) groups is 1. The van der Waals surface area contributed by atoms with Crippen LogP contribution in [0, 0.1) is 5.82 Å². The van der Waals surface area contributed by atoms with E-state index in [2.05, 4.69) is 17.2 Å². The second kappa shape index (κ2) is 8.21. The highest BCUT2D eigenvalue weighted by atomic mass is 32.1. The molecule has 0 unspecified atom stereocenters. The van der Waals surface area contributed by atoms with Crippen molar-refractivity contribution in [2.75, 3.05) is 11.9 Å². The highest BCUT2D eigenvalue weighted by Crippen LogP contribution is 2.18. The Morgan fingerprint density at radius 2 is 2.00 bits per heavy atom. The Balaban J connectivity index is 1.97. The third kappa shape index (κ3) is 5.17. The Kier molecular flexibility index (Phi) is 6.03. The van der Waals surface area contributed by atoms with Crippen LogP contribution in [0.2, 0.25) is 0 Å². The summed E-state index contributed by atoms with van der Waals surface area (Å²) in [5.74, 6) is -0.570. The molecule has 0 atom stereocenters. The van der Waals surface area contributed by atoms with E-state index in [1.807, 2.05) is 6.92 Å². The van der Waals surface area contributed by atoms with E-state index in [4.69, 9.17) is 17.0 Å². The maximum atomic E-state index is 13.6. The van der Waals surface area contributed by atoms with Gasteiger partial charge in [-0.1, -0.05) is 24.8 Å². The van der Waals surface area contributed by atoms with Gasteiger partial charge in [-0.25, -0.2) is 4.39 Å². The molecule has 0 aliphatic heterocycles. The third-order valence-corrected chi connectivity index (χ3v) is 3.13. The van der Waals surface area contributed by atoms with Crippen LogP contribution in [0.1, 0.15) is 17.3 Å². The second-order valence-electron chi connectivity index (χ2n) is 5.16. The molecule has 4 nitrogen and oxygen atoms in total. The number of benzene rings is 2. The molecule has 0 aliphatic rings. The highest BCUT2D eigenvalue weighted by Gasteiger charge is 2.12. The third-order valence-electron chi connectivity index (χ3n) is 2.92. The molecule has 124 valence electrons. The number of ether oxygens (including phenoxy) is 1. The van der Waals surface area contributed by atoms with Crippen LogP contribution in [-0.2, 0) is 0 Å². The zero-order valence-corrected chi connectivity index (χ0v) is 14.0. The first-order valence-electron chi connectivity index (χ1n) is 7.20. The summed E-state index contributed by atoms with van der Waals surface area (Å²) in [6.45, 7) is 6.06. The first kappa shape index (κ1) is 17.6. The molecule has 0 saturated heterocycles. The molecule has 0 radical (unpaired) electrons. The van der Waals surface area contributed by atoms with Crippen molar-refractivity contribution >= 4 is 28.9 Å². The van der Waals surface area contributed by atoms with Crippen molar-refractivity contribution in [3.63, 3.8) is 0 Å². The number of anilines is 1. The fourth-order valence-corrected chi connectivity index (χ4v) is 2.06. The molecule has 0 spiro atoms. The van der Waals surface area contributed by atoms with E-state index in [1.54, 1.807) is 30.3 Å². The van der Waals surface area contributed by atoms with Crippen molar-refractivity contribution in [2.45, 2.75) is 6.92 Å². The van der Waals surface area contributed by atoms with Crippen molar-refractivity contribution < 1.29 is 13.9 Å². The number of rotatable bonds is 5. The van der Waals surface area contributed by atoms with Gasteiger partial charge in [0.15, 0.2) is 5.11 Å². The SMILES string of the molecule is C=C(C)COc1cccc(NC(=S)NC(=O)c2ccccc2F)c1. The van der Waals surface area contributed by atoms with Crippen LogP contribution >= 0.6 is 12.2 Å². The standard InChI is InChI=1S/C18H17FN2O2S/c1-12(2)11-23-14-7-5-6-13(10-14)20-18(24)21-17(22)15-8-3-4-9-16(15)19/h3-10H,1,11H2,2H3,(H2,20,21,22,24). The van der Waals surface area contributed by atoms with E-state index in [0.29, 0.717) is 18.0 Å². The lowest BCUT2D eigenvalue weighted by molar-refractivity contribution is 0.0974. The van der Waals surface area contributed by atoms with Crippen molar-refractivity contribution in [1.82, 2.24) is 5.32 Å². The van der Waals surface area contributed by atoms with E-state index < -0.39 is 11.7 Å². The zero-order chi connectivity index (χ0) is 17.5. The van der Waals surface area contributed by atoms with Gasteiger partial charge in [-0.15, -0.1) is 0 Å². The van der Waals surface area contributed by atoms with Crippen LogP contribution in [0.3, 0.4) is 0 Å². The molecule has 6 heteroatoms. The topological polar surface area (TPSA) is 50.4 Å². The summed E-state index contributed by atoms with van der Waals surface area (Å²) in [4.78, 5) is 12.0. The lowest BCUT2D eigenvalue weighted by Gasteiger charge is -2.11. The van der Waals surface area contributed by atoms with E-state index in [9.17, 15) is 9.18 Å². The summed E-state index contributed by atoms with van der Waals surface area (Å²) in [5.41, 5.74) is 1.48. The smallest absolute Gasteiger partial charge is 0.260 e. The Morgan fingerprint density at radius 1 is 1.25 bits per heavy atom. The minimum atomic E-state index is -0.611. The monoisotopic (exact) mass is 344 g/mol. The van der Waals surface area contributed by atoms with Gasteiger partial charge in [0.2, 0.25) is 0 Å². The van der Waals surface area contributed by atoms with Gasteiger partial charge in [0.25, 0.3) is 5.91 Å². The summed E-state index contributed by atoms with van der Waals surface area (Å²) in [6, 6.07) is 12.8. The van der Waals surface area contributed by atoms with Gasteiger partial charge in [0.1, 0.15) is 18.2 Å². The summed E-state index contributed by atoms with van der Waals surface area (Å²) >= 11 is 5.08. The molecule has 0 bridgehead atoms. The van der Waals surface area contributed by atoms with E-state index in [-0.39, 0.29) is 10.7 Å². The lowest BCUT2D eigenvalue weighted by Crippen LogP contribution is -2.34. The Bertz CT molecular complexity index is 777. The molecule has 2 rings (SSSR count). The lowest BCUT2D eigenvalue weighted by atomic mass is 10.2. The van der Waals surface area contributed by atoms with Crippen LogP contribution < -0.4 is 15.4 Å². The van der Waals surface area contributed by atoms with Gasteiger partial charge in [0, 0.05) is 11.8 Å². The molecular formula is C18H17FN2O2S. The molecule has 0 heterocycles. The first-order chi connectivity index (χ1) is 11.5. The number of halogens is 1. The largest absolute Gasteiger partial charge is 0.489 e. The zero-order valence-electron chi connectivity index (χ0n) is 13.1. The maximum Gasteiger partial charge on any atom is 0.260 e. The molecule has 0 aromatic heterocycles. The number of amides is 1. The molecule has 0 fully saturated rings. The van der Waals surface area contributed by atoms with Crippen molar-refractivity contribution in [2.24, 2.45) is 0 Å². The van der Waals surface area contributed by atoms with E-state index >= 15 is 0 Å². The molecular weight excluding hydrogens is 327 g/mol. The predicted octanol–water partition coefficient (Wildman–Crippen LogP) is 3.91. The van der Waals surface area contributed by atoms with Crippen molar-refractivity contribution in [3.05, 3.63) is 72.1 Å². The second-order valence-corrected chi connectivity index (χ2v) is 5.57. The van der Waals surface area contributed by atoms with Gasteiger partial charge in [-0.05, 0) is 49.0 Å². The van der Waals surface area contributed by atoms with Crippen molar-refractivity contribution in [1.29, 1.82) is 0 Å². The molecule has 1 amide bonds. The number of carbonyl (C=O) groups is 1. The van der Waals surface area contributed by atoms with Gasteiger partial charge in [0.05, 0.1) is 5.56 Å². The van der Waals surface area contributed by atoms with Crippen molar-refractivity contribution in [3.8, 4) is 5.75 Å². The normalized spacial score (nSPS) is 9.92. The van der Waals surface area contributed by atoms with Crippen LogP contribution in [0.4, 0.5) is 10.1 Å². The molecule has 2 aromatic carbocycles. The molecule has 2 N–H and O–H groups in total. The molecule has 2 aromatic rings. The predicted molar refractivity (Wildman–Crippen MR) is 96.8 cm³/mol. The average Bonchev–Trinajstić information content (AvgIpc) is 2.53. The minimum Gasteiger partial charge on any atom is -0.489 e. The Hall–Kier alpha value is -2.73. The van der Waals surface area contributed by atoms with E-state index in [1.165, 1.54) is 18.2 Å². The summed E-state index contributed by atoms with van der Waals surface area (Å²) in [6.07, 6.45) is 0. The van der Waals surface area contributed by atoms with Crippen LogP contribution in [-0.4, -0.2) is 17.6 Å².